The van der Waals surface area contributed by atoms with Crippen LogP contribution in [0.5, 0.6) is 5.75 Å². The fourth-order valence-electron chi connectivity index (χ4n) is 3.20. The summed E-state index contributed by atoms with van der Waals surface area (Å²) in [5, 5.41) is 3.64. The third kappa shape index (κ3) is 4.33. The van der Waals surface area contributed by atoms with Gasteiger partial charge in [0.2, 0.25) is 5.91 Å². The molecule has 0 aliphatic carbocycles. The number of hydrogen-bond acceptors (Lipinski definition) is 3. The van der Waals surface area contributed by atoms with Crippen LogP contribution in [0.2, 0.25) is 5.02 Å². The second-order valence-corrected chi connectivity index (χ2v) is 6.90. The van der Waals surface area contributed by atoms with Crippen LogP contribution in [-0.2, 0) is 11.3 Å². The zero-order valence-corrected chi connectivity index (χ0v) is 15.3. The molecular formula is C20H23ClN2O2. The van der Waals surface area contributed by atoms with E-state index < -0.39 is 0 Å². The summed E-state index contributed by atoms with van der Waals surface area (Å²) in [6.45, 7) is 4.50. The van der Waals surface area contributed by atoms with Gasteiger partial charge in [-0.05, 0) is 37.1 Å². The van der Waals surface area contributed by atoms with E-state index in [1.807, 2.05) is 31.2 Å². The number of ether oxygens (including phenoxy) is 1. The Morgan fingerprint density at radius 1 is 1.32 bits per heavy atom. The van der Waals surface area contributed by atoms with Crippen molar-refractivity contribution < 1.29 is 9.53 Å². The van der Waals surface area contributed by atoms with Crippen LogP contribution in [0.25, 0.3) is 0 Å². The van der Waals surface area contributed by atoms with Gasteiger partial charge < -0.3 is 10.1 Å². The standard InChI is InChI=1S/C20H23ClN2O2/c1-14-10-18(19(25-2)11-17(14)21)22-20(24)16-8-9-23(13-16)12-15-6-4-3-5-7-15/h3-7,10-11,16H,8-9,12-13H2,1-2H3,(H,22,24). The number of aryl methyl sites for hydroxylation is 1. The SMILES string of the molecule is COc1cc(Cl)c(C)cc1NC(=O)C1CCN(Cc2ccccc2)C1. The number of nitrogens with zero attached hydrogens (tertiary/aromatic N) is 1. The Morgan fingerprint density at radius 3 is 2.80 bits per heavy atom. The molecule has 0 bridgehead atoms. The molecule has 2 aromatic carbocycles. The number of rotatable bonds is 5. The van der Waals surface area contributed by atoms with Gasteiger partial charge in [0.1, 0.15) is 5.75 Å². The molecule has 132 valence electrons. The molecular weight excluding hydrogens is 336 g/mol. The molecule has 4 nitrogen and oxygen atoms in total. The zero-order valence-electron chi connectivity index (χ0n) is 14.6. The topological polar surface area (TPSA) is 41.6 Å². The van der Waals surface area contributed by atoms with Gasteiger partial charge >= 0.3 is 0 Å². The average Bonchev–Trinajstić information content (AvgIpc) is 3.07. The second kappa shape index (κ2) is 7.89. The highest BCUT2D eigenvalue weighted by atomic mass is 35.5. The van der Waals surface area contributed by atoms with E-state index in [9.17, 15) is 4.79 Å². The summed E-state index contributed by atoms with van der Waals surface area (Å²) in [5.41, 5.74) is 2.87. The number of benzene rings is 2. The largest absolute Gasteiger partial charge is 0.495 e. The van der Waals surface area contributed by atoms with Crippen molar-refractivity contribution in [2.24, 2.45) is 5.92 Å². The maximum atomic E-state index is 12.7. The molecule has 1 atom stereocenters. The van der Waals surface area contributed by atoms with Crippen molar-refractivity contribution in [2.45, 2.75) is 19.9 Å². The molecule has 5 heteroatoms. The lowest BCUT2D eigenvalue weighted by atomic mass is 10.1. The minimum Gasteiger partial charge on any atom is -0.495 e. The molecule has 0 aromatic heterocycles. The van der Waals surface area contributed by atoms with Crippen LogP contribution in [0.4, 0.5) is 5.69 Å². The van der Waals surface area contributed by atoms with Crippen LogP contribution in [-0.4, -0.2) is 31.0 Å². The van der Waals surface area contributed by atoms with Gasteiger partial charge in [-0.25, -0.2) is 0 Å². The molecule has 2 aromatic rings. The van der Waals surface area contributed by atoms with Crippen LogP contribution >= 0.6 is 11.6 Å². The highest BCUT2D eigenvalue weighted by Crippen LogP contribution is 2.32. The fraction of sp³-hybridized carbons (Fsp3) is 0.350. The summed E-state index contributed by atoms with van der Waals surface area (Å²) in [5.74, 6) is 0.614. The summed E-state index contributed by atoms with van der Waals surface area (Å²) < 4.78 is 5.34. The number of halogens is 1. The Hall–Kier alpha value is -2.04. The highest BCUT2D eigenvalue weighted by Gasteiger charge is 2.28. The molecule has 1 saturated heterocycles. The molecule has 1 fully saturated rings. The van der Waals surface area contributed by atoms with E-state index in [-0.39, 0.29) is 11.8 Å². The number of anilines is 1. The molecule has 0 spiro atoms. The first-order valence-electron chi connectivity index (χ1n) is 8.48. The van der Waals surface area contributed by atoms with Crippen molar-refractivity contribution in [3.63, 3.8) is 0 Å². The first kappa shape index (κ1) is 17.8. The number of amides is 1. The number of methoxy groups -OCH3 is 1. The zero-order chi connectivity index (χ0) is 17.8. The van der Waals surface area contributed by atoms with E-state index in [0.717, 1.165) is 31.6 Å². The first-order valence-corrected chi connectivity index (χ1v) is 8.86. The van der Waals surface area contributed by atoms with Crippen molar-refractivity contribution in [1.29, 1.82) is 0 Å². The molecule has 25 heavy (non-hydrogen) atoms. The summed E-state index contributed by atoms with van der Waals surface area (Å²) in [6.07, 6.45) is 0.869. The van der Waals surface area contributed by atoms with Gasteiger partial charge in [0, 0.05) is 24.2 Å². The Bertz CT molecular complexity index is 749. The van der Waals surface area contributed by atoms with E-state index in [1.54, 1.807) is 13.2 Å². The summed E-state index contributed by atoms with van der Waals surface area (Å²) in [4.78, 5) is 15.0. The monoisotopic (exact) mass is 358 g/mol. The summed E-state index contributed by atoms with van der Waals surface area (Å²) in [7, 11) is 1.58. The minimum absolute atomic E-state index is 0.00981. The molecule has 1 amide bonds. The fourth-order valence-corrected chi connectivity index (χ4v) is 3.35. The van der Waals surface area contributed by atoms with Crippen LogP contribution in [0, 0.1) is 12.8 Å². The molecule has 0 radical (unpaired) electrons. The van der Waals surface area contributed by atoms with Gasteiger partial charge in [0.25, 0.3) is 0 Å². The van der Waals surface area contributed by atoms with Crippen molar-refractivity contribution in [2.75, 3.05) is 25.5 Å². The average molecular weight is 359 g/mol. The third-order valence-electron chi connectivity index (χ3n) is 4.63. The van der Waals surface area contributed by atoms with Gasteiger partial charge in [-0.2, -0.15) is 0 Å². The molecule has 0 saturated carbocycles. The predicted octanol–water partition coefficient (Wildman–Crippen LogP) is 4.12. The van der Waals surface area contributed by atoms with Crippen LogP contribution < -0.4 is 10.1 Å². The van der Waals surface area contributed by atoms with Crippen molar-refractivity contribution in [3.05, 3.63) is 58.6 Å². The lowest BCUT2D eigenvalue weighted by Gasteiger charge is -2.17. The lowest BCUT2D eigenvalue weighted by molar-refractivity contribution is -0.119. The Balaban J connectivity index is 1.62. The van der Waals surface area contributed by atoms with E-state index >= 15 is 0 Å². The smallest absolute Gasteiger partial charge is 0.228 e. The molecule has 1 aliphatic rings. The van der Waals surface area contributed by atoms with Crippen molar-refractivity contribution >= 4 is 23.2 Å². The maximum Gasteiger partial charge on any atom is 0.228 e. The van der Waals surface area contributed by atoms with Crippen LogP contribution in [0.3, 0.4) is 0 Å². The summed E-state index contributed by atoms with van der Waals surface area (Å²) >= 11 is 6.12. The quantitative estimate of drug-likeness (QED) is 0.874. The second-order valence-electron chi connectivity index (χ2n) is 6.50. The van der Waals surface area contributed by atoms with Crippen molar-refractivity contribution in [1.82, 2.24) is 4.90 Å². The van der Waals surface area contributed by atoms with Gasteiger partial charge in [-0.1, -0.05) is 41.9 Å². The highest BCUT2D eigenvalue weighted by molar-refractivity contribution is 6.31. The Morgan fingerprint density at radius 2 is 2.08 bits per heavy atom. The molecule has 1 heterocycles. The molecule has 1 unspecified atom stereocenters. The molecule has 3 rings (SSSR count). The Kier molecular flexibility index (Phi) is 5.61. The first-order chi connectivity index (χ1) is 12.1. The van der Waals surface area contributed by atoms with Gasteiger partial charge in [-0.15, -0.1) is 0 Å². The van der Waals surface area contributed by atoms with Crippen LogP contribution in [0.15, 0.2) is 42.5 Å². The number of likely N-dealkylation sites (tertiary alicyclic amines) is 1. The number of carbonyl (C=O) groups is 1. The minimum atomic E-state index is -0.00981. The summed E-state index contributed by atoms with van der Waals surface area (Å²) in [6, 6.07) is 13.9. The van der Waals surface area contributed by atoms with E-state index in [4.69, 9.17) is 16.3 Å². The third-order valence-corrected chi connectivity index (χ3v) is 5.04. The van der Waals surface area contributed by atoms with E-state index in [0.29, 0.717) is 16.5 Å². The van der Waals surface area contributed by atoms with E-state index in [2.05, 4.69) is 22.3 Å². The number of nitrogens with one attached hydrogen (secondary N) is 1. The normalized spacial score (nSPS) is 17.5. The van der Waals surface area contributed by atoms with Crippen LogP contribution in [0.1, 0.15) is 17.5 Å². The Labute approximate surface area is 153 Å². The van der Waals surface area contributed by atoms with Gasteiger partial charge in [-0.3, -0.25) is 9.69 Å². The predicted molar refractivity (Wildman–Crippen MR) is 101 cm³/mol. The maximum absolute atomic E-state index is 12.7. The van der Waals surface area contributed by atoms with Crippen molar-refractivity contribution in [3.8, 4) is 5.75 Å². The molecule has 1 N–H and O–H groups in total. The van der Waals surface area contributed by atoms with Gasteiger partial charge in [0.05, 0.1) is 18.7 Å². The number of carbonyl (C=O) groups excluding carboxylic acids is 1. The molecule has 1 aliphatic heterocycles. The van der Waals surface area contributed by atoms with Gasteiger partial charge in [0.15, 0.2) is 0 Å². The number of hydrogen-bond donors (Lipinski definition) is 1. The van der Waals surface area contributed by atoms with E-state index in [1.165, 1.54) is 5.56 Å². The lowest BCUT2D eigenvalue weighted by Crippen LogP contribution is -2.27.